The molecule has 0 bridgehead atoms. The molecule has 0 radical (unpaired) electrons. The summed E-state index contributed by atoms with van der Waals surface area (Å²) < 4.78 is 1.56. The summed E-state index contributed by atoms with van der Waals surface area (Å²) in [5.41, 5.74) is 13.8. The molecule has 8 nitrogen and oxygen atoms in total. The Hall–Kier alpha value is -2.71. The van der Waals surface area contributed by atoms with Gasteiger partial charge in [0.2, 0.25) is 5.91 Å². The molecule has 1 aromatic carbocycles. The fraction of sp³-hybridized carbons (Fsp3) is 0.476. The number of hydrogen-bond donors (Lipinski definition) is 3. The monoisotopic (exact) mass is 396 g/mol. The van der Waals surface area contributed by atoms with Crippen molar-refractivity contribution < 1.29 is 9.59 Å². The zero-order chi connectivity index (χ0) is 20.5. The number of carbonyl (C=O) groups excluding carboxylic acids is 2. The Morgan fingerprint density at radius 1 is 1.17 bits per heavy atom. The van der Waals surface area contributed by atoms with Gasteiger partial charge < -0.3 is 10.6 Å². The maximum atomic E-state index is 13.2. The molecule has 1 aromatic heterocycles. The first-order valence-corrected chi connectivity index (χ1v) is 10.2. The number of para-hydroxylation sites is 1. The first-order chi connectivity index (χ1) is 14.0. The summed E-state index contributed by atoms with van der Waals surface area (Å²) in [7, 11) is 0. The number of Topliss-reactive ketones (excluding diaryl/α,β-unsaturated/α-hetero) is 1. The molecule has 4 N–H and O–H groups in total. The molecule has 8 heteroatoms. The normalized spacial score (nSPS) is 26.8. The lowest BCUT2D eigenvalue weighted by Gasteiger charge is -2.26. The van der Waals surface area contributed by atoms with E-state index >= 15 is 0 Å². The molecule has 2 aliphatic heterocycles. The zero-order valence-corrected chi connectivity index (χ0v) is 16.8. The number of hydrazine groups is 1. The molecular weight excluding hydrogens is 368 g/mol. The van der Waals surface area contributed by atoms with Crippen LogP contribution in [0.4, 0.5) is 5.82 Å². The van der Waals surface area contributed by atoms with E-state index in [1.54, 1.807) is 9.58 Å². The Bertz CT molecular complexity index is 886. The van der Waals surface area contributed by atoms with Crippen molar-refractivity contribution in [1.82, 2.24) is 25.5 Å². The first-order valence-electron chi connectivity index (χ1n) is 10.2. The van der Waals surface area contributed by atoms with Crippen LogP contribution in [0.15, 0.2) is 36.5 Å². The van der Waals surface area contributed by atoms with Crippen LogP contribution in [0.5, 0.6) is 0 Å². The number of ketones is 1. The highest BCUT2D eigenvalue weighted by Gasteiger charge is 2.39. The van der Waals surface area contributed by atoms with Crippen LogP contribution in [0.25, 0.3) is 5.69 Å². The van der Waals surface area contributed by atoms with E-state index in [0.29, 0.717) is 30.8 Å². The van der Waals surface area contributed by atoms with Crippen molar-refractivity contribution in [2.24, 2.45) is 5.92 Å². The van der Waals surface area contributed by atoms with Crippen LogP contribution in [0.3, 0.4) is 0 Å². The van der Waals surface area contributed by atoms with Gasteiger partial charge in [0.05, 0.1) is 23.5 Å². The average Bonchev–Trinajstić information content (AvgIpc) is 3.43. The summed E-state index contributed by atoms with van der Waals surface area (Å²) in [6, 6.07) is 9.43. The lowest BCUT2D eigenvalue weighted by molar-refractivity contribution is -0.132. The number of rotatable bonds is 5. The first kappa shape index (κ1) is 19.6. The van der Waals surface area contributed by atoms with E-state index in [1.165, 1.54) is 6.20 Å². The Balaban J connectivity index is 1.51. The highest BCUT2D eigenvalue weighted by Crippen LogP contribution is 2.28. The van der Waals surface area contributed by atoms with Gasteiger partial charge in [-0.05, 0) is 38.8 Å². The molecular formula is C21H28N6O2. The van der Waals surface area contributed by atoms with Crippen LogP contribution in [-0.4, -0.2) is 51.0 Å². The van der Waals surface area contributed by atoms with E-state index < -0.39 is 6.04 Å². The van der Waals surface area contributed by atoms with E-state index in [2.05, 4.69) is 29.8 Å². The molecule has 154 valence electrons. The summed E-state index contributed by atoms with van der Waals surface area (Å²) in [6.45, 7) is 4.75. The Morgan fingerprint density at radius 2 is 1.86 bits per heavy atom. The lowest BCUT2D eigenvalue weighted by Crippen LogP contribution is -2.42. The van der Waals surface area contributed by atoms with Gasteiger partial charge in [-0.3, -0.25) is 20.4 Å². The van der Waals surface area contributed by atoms with Crippen molar-refractivity contribution in [3.63, 3.8) is 0 Å². The quantitative estimate of drug-likeness (QED) is 0.662. The van der Waals surface area contributed by atoms with E-state index in [0.717, 1.165) is 12.1 Å². The fourth-order valence-electron chi connectivity index (χ4n) is 4.42. The standard InChI is InChI=1S/C21H28N6O2/c1-13-16(14(2)25-24-13)11-19(28)26-10-6-9-18(26)20(29)17-12-23-27(21(17)22)15-7-4-3-5-8-15/h3-5,7-8,12-14,16,18,24-25H,6,9-11,22H2,1-2H3. The highest BCUT2D eigenvalue weighted by molar-refractivity contribution is 6.05. The number of amides is 1. The minimum atomic E-state index is -0.467. The van der Waals surface area contributed by atoms with Crippen molar-refractivity contribution >= 4 is 17.5 Å². The van der Waals surface area contributed by atoms with Crippen LogP contribution in [0.1, 0.15) is 43.5 Å². The van der Waals surface area contributed by atoms with Gasteiger partial charge in [0.15, 0.2) is 5.78 Å². The number of nitrogens with zero attached hydrogens (tertiary/aromatic N) is 3. The second-order valence-electron chi connectivity index (χ2n) is 8.03. The van der Waals surface area contributed by atoms with Crippen LogP contribution >= 0.6 is 0 Å². The smallest absolute Gasteiger partial charge is 0.223 e. The van der Waals surface area contributed by atoms with Crippen molar-refractivity contribution in [2.45, 2.75) is 51.2 Å². The van der Waals surface area contributed by atoms with E-state index in [1.807, 2.05) is 30.3 Å². The van der Waals surface area contributed by atoms with Gasteiger partial charge in [-0.2, -0.15) is 5.10 Å². The van der Waals surface area contributed by atoms with E-state index in [9.17, 15) is 9.59 Å². The molecule has 3 heterocycles. The second kappa shape index (κ2) is 7.96. The summed E-state index contributed by atoms with van der Waals surface area (Å²) in [5.74, 6) is 0.417. The summed E-state index contributed by atoms with van der Waals surface area (Å²) in [4.78, 5) is 28.0. The number of benzene rings is 1. The van der Waals surface area contributed by atoms with Crippen molar-refractivity contribution in [3.05, 3.63) is 42.1 Å². The number of aromatic nitrogens is 2. The maximum absolute atomic E-state index is 13.2. The largest absolute Gasteiger partial charge is 0.383 e. The van der Waals surface area contributed by atoms with Crippen LogP contribution in [0, 0.1) is 5.92 Å². The molecule has 2 aliphatic rings. The Morgan fingerprint density at radius 3 is 2.55 bits per heavy atom. The molecule has 1 amide bonds. The van der Waals surface area contributed by atoms with E-state index in [-0.39, 0.29) is 29.7 Å². The summed E-state index contributed by atoms with van der Waals surface area (Å²) in [5, 5.41) is 4.30. The second-order valence-corrected chi connectivity index (χ2v) is 8.03. The molecule has 2 saturated heterocycles. The SMILES string of the molecule is CC1NNC(C)C1CC(=O)N1CCCC1C(=O)c1cnn(-c2ccccc2)c1N. The molecule has 2 fully saturated rings. The molecule has 0 saturated carbocycles. The molecule has 2 aromatic rings. The van der Waals surface area contributed by atoms with Crippen molar-refractivity contribution in [2.75, 3.05) is 12.3 Å². The predicted molar refractivity (Wildman–Crippen MR) is 110 cm³/mol. The zero-order valence-electron chi connectivity index (χ0n) is 16.8. The van der Waals surface area contributed by atoms with Gasteiger partial charge in [-0.15, -0.1) is 0 Å². The Kier molecular flexibility index (Phi) is 5.38. The highest BCUT2D eigenvalue weighted by atomic mass is 16.2. The third-order valence-corrected chi connectivity index (χ3v) is 6.18. The van der Waals surface area contributed by atoms with Gasteiger partial charge in [-0.1, -0.05) is 18.2 Å². The topological polar surface area (TPSA) is 105 Å². The van der Waals surface area contributed by atoms with Gasteiger partial charge in [0.1, 0.15) is 5.82 Å². The van der Waals surface area contributed by atoms with Gasteiger partial charge in [-0.25, -0.2) is 4.68 Å². The number of nitrogens with two attached hydrogens (primary N) is 1. The van der Waals surface area contributed by atoms with E-state index in [4.69, 9.17) is 5.73 Å². The van der Waals surface area contributed by atoms with Gasteiger partial charge in [0, 0.05) is 31.0 Å². The summed E-state index contributed by atoms with van der Waals surface area (Å²) >= 11 is 0. The van der Waals surface area contributed by atoms with Crippen LogP contribution < -0.4 is 16.6 Å². The maximum Gasteiger partial charge on any atom is 0.223 e. The summed E-state index contributed by atoms with van der Waals surface area (Å²) in [6.07, 6.45) is 3.42. The molecule has 0 spiro atoms. The third-order valence-electron chi connectivity index (χ3n) is 6.18. The number of hydrogen-bond acceptors (Lipinski definition) is 6. The molecule has 0 aliphatic carbocycles. The lowest BCUT2D eigenvalue weighted by atomic mass is 9.92. The fourth-order valence-corrected chi connectivity index (χ4v) is 4.42. The number of anilines is 1. The van der Waals surface area contributed by atoms with Gasteiger partial charge in [0.25, 0.3) is 0 Å². The molecule has 29 heavy (non-hydrogen) atoms. The number of nitrogen functional groups attached to an aromatic ring is 1. The predicted octanol–water partition coefficient (Wildman–Crippen LogP) is 1.52. The third kappa shape index (κ3) is 3.65. The van der Waals surface area contributed by atoms with Gasteiger partial charge >= 0.3 is 0 Å². The Labute approximate surface area is 170 Å². The molecule has 4 rings (SSSR count). The minimum Gasteiger partial charge on any atom is -0.383 e. The number of likely N-dealkylation sites (tertiary alicyclic amines) is 1. The van der Waals surface area contributed by atoms with Crippen LogP contribution in [0.2, 0.25) is 0 Å². The van der Waals surface area contributed by atoms with Crippen molar-refractivity contribution in [3.8, 4) is 5.69 Å². The van der Waals surface area contributed by atoms with Crippen LogP contribution in [-0.2, 0) is 4.79 Å². The number of carbonyl (C=O) groups is 2. The molecule has 3 unspecified atom stereocenters. The average molecular weight is 396 g/mol. The number of nitrogens with one attached hydrogen (secondary N) is 2. The molecule has 3 atom stereocenters. The van der Waals surface area contributed by atoms with Crippen molar-refractivity contribution in [1.29, 1.82) is 0 Å². The minimum absolute atomic E-state index is 0.0315.